The van der Waals surface area contributed by atoms with Gasteiger partial charge in [0.15, 0.2) is 0 Å². The average molecular weight is 426 g/mol. The number of hydrogen-bond acceptors (Lipinski definition) is 0. The van der Waals surface area contributed by atoms with E-state index in [0.29, 0.717) is 0 Å². The van der Waals surface area contributed by atoms with Gasteiger partial charge in [-0.05, 0) is 17.2 Å². The molecule has 12 heteroatoms. The molecule has 0 bridgehead atoms. The van der Waals surface area contributed by atoms with Crippen LogP contribution in [0.1, 0.15) is 22.3 Å². The van der Waals surface area contributed by atoms with Crippen LogP contribution in [0.25, 0.3) is 11.1 Å². The van der Waals surface area contributed by atoms with Crippen LogP contribution in [0.15, 0.2) is 36.4 Å². The Bertz CT molecular complexity index is 851. The Kier molecular flexibility index (Phi) is 5.15. The van der Waals surface area contributed by atoms with Gasteiger partial charge in [0, 0.05) is 0 Å². The number of hydrogen-bond donors (Lipinski definition) is 0. The maximum absolute atomic E-state index is 13.4. The van der Waals surface area contributed by atoms with Crippen molar-refractivity contribution in [3.63, 3.8) is 0 Å². The second-order valence-electron chi connectivity index (χ2n) is 5.45. The van der Waals surface area contributed by atoms with E-state index in [4.69, 9.17) is 0 Å². The summed E-state index contributed by atoms with van der Waals surface area (Å²) in [6.45, 7) is 0. The lowest BCUT2D eigenvalue weighted by Crippen LogP contribution is -2.28. The summed E-state index contributed by atoms with van der Waals surface area (Å²) in [6.07, 6.45) is -24.8. The topological polar surface area (TPSA) is 0 Å². The molecule has 0 atom stereocenters. The molecule has 28 heavy (non-hydrogen) atoms. The summed E-state index contributed by atoms with van der Waals surface area (Å²) in [4.78, 5) is 0. The van der Waals surface area contributed by atoms with Gasteiger partial charge in [0.25, 0.3) is 0 Å². The average Bonchev–Trinajstić information content (AvgIpc) is 2.50. The van der Waals surface area contributed by atoms with E-state index in [9.17, 15) is 52.7 Å². The van der Waals surface area contributed by atoms with Crippen LogP contribution in [0.2, 0.25) is 0 Å². The number of benzene rings is 2. The zero-order valence-electron chi connectivity index (χ0n) is 13.0. The molecule has 0 N–H and O–H groups in total. The van der Waals surface area contributed by atoms with E-state index < -0.39 is 64.2 Å². The van der Waals surface area contributed by atoms with Gasteiger partial charge in [-0.25, -0.2) is 0 Å². The Hall–Kier alpha value is -2.40. The third-order valence-electron chi connectivity index (χ3n) is 3.57. The molecule has 2 aromatic rings. The standard InChI is InChI=1S/C16H6F12/c17-13(18,19)9-6-8(7-4-2-1-3-5-7)10(14(20,21)22)12(16(26,27)28)11(9)15(23,24)25/h1-6H. The fourth-order valence-corrected chi connectivity index (χ4v) is 2.62. The monoisotopic (exact) mass is 426 g/mol. The van der Waals surface area contributed by atoms with E-state index in [2.05, 4.69) is 0 Å². The molecular weight excluding hydrogens is 420 g/mol. The quantitative estimate of drug-likeness (QED) is 0.416. The minimum atomic E-state index is -6.37. The first-order valence-electron chi connectivity index (χ1n) is 7.01. The van der Waals surface area contributed by atoms with Crippen molar-refractivity contribution in [2.24, 2.45) is 0 Å². The van der Waals surface area contributed by atoms with E-state index >= 15 is 0 Å². The summed E-state index contributed by atoms with van der Waals surface area (Å²) in [6, 6.07) is 4.16. The third kappa shape index (κ3) is 4.20. The lowest BCUT2D eigenvalue weighted by Gasteiger charge is -2.26. The van der Waals surface area contributed by atoms with Crippen LogP contribution in [0.5, 0.6) is 0 Å². The molecule has 154 valence electrons. The molecule has 0 radical (unpaired) electrons. The highest BCUT2D eigenvalue weighted by molar-refractivity contribution is 5.73. The summed E-state index contributed by atoms with van der Waals surface area (Å²) < 4.78 is 159. The molecule has 0 aliphatic heterocycles. The van der Waals surface area contributed by atoms with E-state index in [0.717, 1.165) is 24.3 Å². The van der Waals surface area contributed by atoms with Gasteiger partial charge in [0.2, 0.25) is 0 Å². The first-order chi connectivity index (χ1) is 12.5. The van der Waals surface area contributed by atoms with Gasteiger partial charge >= 0.3 is 24.7 Å². The molecule has 0 aliphatic carbocycles. The summed E-state index contributed by atoms with van der Waals surface area (Å²) in [5.74, 6) is 0. The fourth-order valence-electron chi connectivity index (χ4n) is 2.62. The SMILES string of the molecule is FC(F)(F)c1cc(-c2ccccc2)c(C(F)(F)F)c(C(F)(F)F)c1C(F)(F)F. The lowest BCUT2D eigenvalue weighted by molar-refractivity contribution is -0.182. The molecule has 0 aromatic heterocycles. The van der Waals surface area contributed by atoms with Crippen molar-refractivity contribution in [2.75, 3.05) is 0 Å². The highest BCUT2D eigenvalue weighted by Gasteiger charge is 2.55. The zero-order valence-corrected chi connectivity index (χ0v) is 13.0. The van der Waals surface area contributed by atoms with Crippen molar-refractivity contribution >= 4 is 0 Å². The Morgan fingerprint density at radius 1 is 0.464 bits per heavy atom. The molecule has 0 fully saturated rings. The molecular formula is C16H6F12. The van der Waals surface area contributed by atoms with Crippen LogP contribution in [-0.2, 0) is 24.7 Å². The first-order valence-corrected chi connectivity index (χ1v) is 7.01. The minimum Gasteiger partial charge on any atom is -0.166 e. The van der Waals surface area contributed by atoms with Crippen molar-refractivity contribution in [3.8, 4) is 11.1 Å². The van der Waals surface area contributed by atoms with Gasteiger partial charge < -0.3 is 0 Å². The van der Waals surface area contributed by atoms with Crippen molar-refractivity contribution in [2.45, 2.75) is 24.7 Å². The molecule has 0 nitrogen and oxygen atoms in total. The molecule has 0 spiro atoms. The Morgan fingerprint density at radius 3 is 1.25 bits per heavy atom. The lowest BCUT2D eigenvalue weighted by atomic mass is 9.87. The van der Waals surface area contributed by atoms with Crippen molar-refractivity contribution in [1.82, 2.24) is 0 Å². The molecule has 0 amide bonds. The van der Waals surface area contributed by atoms with E-state index in [1.165, 1.54) is 6.07 Å². The summed E-state index contributed by atoms with van der Waals surface area (Å²) in [7, 11) is 0. The predicted molar refractivity (Wildman–Crippen MR) is 71.9 cm³/mol. The number of alkyl halides is 12. The van der Waals surface area contributed by atoms with Gasteiger partial charge in [-0.15, -0.1) is 0 Å². The molecule has 2 rings (SSSR count). The maximum atomic E-state index is 13.4. The van der Waals surface area contributed by atoms with E-state index in [-0.39, 0.29) is 0 Å². The predicted octanol–water partition coefficient (Wildman–Crippen LogP) is 7.43. The van der Waals surface area contributed by atoms with Gasteiger partial charge in [-0.1, -0.05) is 30.3 Å². The van der Waals surface area contributed by atoms with Crippen LogP contribution in [0.4, 0.5) is 52.7 Å². The Morgan fingerprint density at radius 2 is 0.893 bits per heavy atom. The van der Waals surface area contributed by atoms with Gasteiger partial charge in [0.1, 0.15) is 0 Å². The largest absolute Gasteiger partial charge is 0.417 e. The third-order valence-corrected chi connectivity index (χ3v) is 3.57. The van der Waals surface area contributed by atoms with Crippen molar-refractivity contribution in [3.05, 3.63) is 58.7 Å². The van der Waals surface area contributed by atoms with Gasteiger partial charge in [-0.3, -0.25) is 0 Å². The van der Waals surface area contributed by atoms with Crippen LogP contribution in [-0.4, -0.2) is 0 Å². The van der Waals surface area contributed by atoms with Crippen molar-refractivity contribution < 1.29 is 52.7 Å². The molecule has 0 saturated carbocycles. The van der Waals surface area contributed by atoms with Gasteiger partial charge in [0.05, 0.1) is 22.3 Å². The van der Waals surface area contributed by atoms with Crippen LogP contribution in [0, 0.1) is 0 Å². The molecule has 0 unspecified atom stereocenters. The number of halogens is 12. The van der Waals surface area contributed by atoms with E-state index in [1.807, 2.05) is 0 Å². The highest BCUT2D eigenvalue weighted by Crippen LogP contribution is 2.53. The second-order valence-corrected chi connectivity index (χ2v) is 5.45. The van der Waals surface area contributed by atoms with Crippen molar-refractivity contribution in [1.29, 1.82) is 0 Å². The molecule has 0 aliphatic rings. The van der Waals surface area contributed by atoms with Crippen LogP contribution >= 0.6 is 0 Å². The Labute approximate surface area is 148 Å². The Balaban J connectivity index is 3.21. The molecule has 0 saturated heterocycles. The molecule has 0 heterocycles. The van der Waals surface area contributed by atoms with Crippen LogP contribution < -0.4 is 0 Å². The second kappa shape index (κ2) is 6.59. The minimum absolute atomic E-state index is 0.559. The summed E-state index contributed by atoms with van der Waals surface area (Å²) in [5, 5.41) is 0. The van der Waals surface area contributed by atoms with Crippen LogP contribution in [0.3, 0.4) is 0 Å². The normalized spacial score (nSPS) is 13.7. The smallest absolute Gasteiger partial charge is 0.166 e. The molecule has 2 aromatic carbocycles. The van der Waals surface area contributed by atoms with E-state index in [1.54, 1.807) is 0 Å². The number of rotatable bonds is 1. The summed E-state index contributed by atoms with van der Waals surface area (Å²) in [5.41, 5.74) is -15.0. The zero-order chi connectivity index (χ0) is 21.7. The summed E-state index contributed by atoms with van der Waals surface area (Å²) >= 11 is 0. The highest BCUT2D eigenvalue weighted by atomic mass is 19.4. The maximum Gasteiger partial charge on any atom is 0.417 e. The first kappa shape index (κ1) is 21.9. The van der Waals surface area contributed by atoms with Gasteiger partial charge in [-0.2, -0.15) is 52.7 Å². The fraction of sp³-hybridized carbons (Fsp3) is 0.250.